The van der Waals surface area contributed by atoms with E-state index in [2.05, 4.69) is 4.98 Å². The molecule has 0 aliphatic rings. The van der Waals surface area contributed by atoms with E-state index in [0.717, 1.165) is 12.3 Å². The second-order valence-electron chi connectivity index (χ2n) is 2.79. The molecule has 0 radical (unpaired) electrons. The Kier molecular flexibility index (Phi) is 2.94. The summed E-state index contributed by atoms with van der Waals surface area (Å²) in [4.78, 5) is 23.3. The van der Waals surface area contributed by atoms with Crippen molar-refractivity contribution in [2.45, 2.75) is 11.8 Å². The molecule has 1 heterocycles. The van der Waals surface area contributed by atoms with Crippen molar-refractivity contribution in [3.63, 3.8) is 0 Å². The Labute approximate surface area is 85.5 Å². The standard InChI is InChI=1S/C8H9NO5S/c1-2-15(13,14)6-3-5(8(11)12)4-9-7(6)10/h3-4H,2H2,1H3,(H,9,10)(H,11,12). The number of hydrogen-bond donors (Lipinski definition) is 2. The number of hydrogen-bond acceptors (Lipinski definition) is 4. The van der Waals surface area contributed by atoms with Gasteiger partial charge in [0.05, 0.1) is 11.3 Å². The van der Waals surface area contributed by atoms with Crippen LogP contribution in [0.4, 0.5) is 0 Å². The molecule has 1 aromatic rings. The third kappa shape index (κ3) is 2.24. The largest absolute Gasteiger partial charge is 0.478 e. The third-order valence-electron chi connectivity index (χ3n) is 1.83. The van der Waals surface area contributed by atoms with Gasteiger partial charge in [0, 0.05) is 6.20 Å². The van der Waals surface area contributed by atoms with E-state index in [4.69, 9.17) is 5.11 Å². The highest BCUT2D eigenvalue weighted by atomic mass is 32.2. The Balaban J connectivity index is 3.49. The van der Waals surface area contributed by atoms with E-state index in [9.17, 15) is 18.0 Å². The lowest BCUT2D eigenvalue weighted by atomic mass is 10.3. The number of sulfone groups is 1. The van der Waals surface area contributed by atoms with Crippen molar-refractivity contribution in [1.82, 2.24) is 4.98 Å². The second kappa shape index (κ2) is 3.85. The van der Waals surface area contributed by atoms with Gasteiger partial charge < -0.3 is 10.1 Å². The van der Waals surface area contributed by atoms with Crippen LogP contribution in [-0.2, 0) is 9.84 Å². The lowest BCUT2D eigenvalue weighted by Crippen LogP contribution is -2.20. The summed E-state index contributed by atoms with van der Waals surface area (Å²) in [6.07, 6.45) is 0.958. The molecule has 0 saturated carbocycles. The number of H-pyrrole nitrogens is 1. The van der Waals surface area contributed by atoms with Crippen molar-refractivity contribution < 1.29 is 18.3 Å². The van der Waals surface area contributed by atoms with E-state index >= 15 is 0 Å². The second-order valence-corrected chi connectivity index (χ2v) is 5.04. The van der Waals surface area contributed by atoms with Crippen molar-refractivity contribution in [3.05, 3.63) is 28.2 Å². The molecule has 7 heteroatoms. The van der Waals surface area contributed by atoms with Crippen LogP contribution in [-0.4, -0.2) is 30.2 Å². The molecule has 0 unspecified atom stereocenters. The maximum atomic E-state index is 11.4. The van der Waals surface area contributed by atoms with Crippen LogP contribution >= 0.6 is 0 Å². The van der Waals surface area contributed by atoms with Crippen LogP contribution in [0.25, 0.3) is 0 Å². The van der Waals surface area contributed by atoms with Gasteiger partial charge in [0.1, 0.15) is 4.90 Å². The highest BCUT2D eigenvalue weighted by Gasteiger charge is 2.18. The molecule has 0 amide bonds. The number of aromatic nitrogens is 1. The van der Waals surface area contributed by atoms with Crippen molar-refractivity contribution in [1.29, 1.82) is 0 Å². The van der Waals surface area contributed by atoms with E-state index in [1.54, 1.807) is 0 Å². The quantitative estimate of drug-likeness (QED) is 0.753. The maximum absolute atomic E-state index is 11.4. The number of pyridine rings is 1. The van der Waals surface area contributed by atoms with Crippen molar-refractivity contribution in [2.24, 2.45) is 0 Å². The van der Waals surface area contributed by atoms with Crippen LogP contribution < -0.4 is 5.56 Å². The van der Waals surface area contributed by atoms with Gasteiger partial charge in [-0.05, 0) is 6.07 Å². The van der Waals surface area contributed by atoms with Gasteiger partial charge in [0.25, 0.3) is 5.56 Å². The zero-order chi connectivity index (χ0) is 11.6. The minimum Gasteiger partial charge on any atom is -0.478 e. The van der Waals surface area contributed by atoms with E-state index < -0.39 is 26.3 Å². The van der Waals surface area contributed by atoms with Crippen molar-refractivity contribution >= 4 is 15.8 Å². The first kappa shape index (κ1) is 11.4. The first-order valence-electron chi connectivity index (χ1n) is 4.07. The van der Waals surface area contributed by atoms with Gasteiger partial charge in [0.15, 0.2) is 9.84 Å². The smallest absolute Gasteiger partial charge is 0.337 e. The monoisotopic (exact) mass is 231 g/mol. The topological polar surface area (TPSA) is 104 Å². The number of rotatable bonds is 3. The van der Waals surface area contributed by atoms with Crippen molar-refractivity contribution in [3.8, 4) is 0 Å². The number of nitrogens with one attached hydrogen (secondary N) is 1. The fourth-order valence-electron chi connectivity index (χ4n) is 0.973. The van der Waals surface area contributed by atoms with Gasteiger partial charge in [-0.15, -0.1) is 0 Å². The summed E-state index contributed by atoms with van der Waals surface area (Å²) >= 11 is 0. The Hall–Kier alpha value is -1.63. The summed E-state index contributed by atoms with van der Waals surface area (Å²) in [7, 11) is -3.69. The van der Waals surface area contributed by atoms with Crippen LogP contribution in [0, 0.1) is 0 Å². The third-order valence-corrected chi connectivity index (χ3v) is 3.56. The van der Waals surface area contributed by atoms with Gasteiger partial charge in [-0.1, -0.05) is 6.92 Å². The molecular formula is C8H9NO5S. The first-order chi connectivity index (χ1) is 6.88. The Bertz CT molecular complexity index is 542. The summed E-state index contributed by atoms with van der Waals surface area (Å²) in [5.74, 6) is -1.54. The summed E-state index contributed by atoms with van der Waals surface area (Å²) in [5, 5.41) is 8.62. The Morgan fingerprint density at radius 3 is 2.60 bits per heavy atom. The van der Waals surface area contributed by atoms with Crippen LogP contribution in [0.3, 0.4) is 0 Å². The summed E-state index contributed by atoms with van der Waals surface area (Å²) in [5.41, 5.74) is -1.07. The van der Waals surface area contributed by atoms with Gasteiger partial charge >= 0.3 is 5.97 Å². The van der Waals surface area contributed by atoms with Gasteiger partial charge in [-0.2, -0.15) is 0 Å². The molecule has 82 valence electrons. The normalized spacial score (nSPS) is 11.3. The first-order valence-corrected chi connectivity index (χ1v) is 5.72. The molecule has 0 saturated heterocycles. The van der Waals surface area contributed by atoms with E-state index in [1.165, 1.54) is 6.92 Å². The molecule has 0 aromatic carbocycles. The lowest BCUT2D eigenvalue weighted by molar-refractivity contribution is 0.0696. The van der Waals surface area contributed by atoms with E-state index in [0.29, 0.717) is 0 Å². The molecule has 0 atom stereocenters. The fraction of sp³-hybridized carbons (Fsp3) is 0.250. The van der Waals surface area contributed by atoms with Gasteiger partial charge in [-0.3, -0.25) is 4.79 Å². The molecule has 0 fully saturated rings. The SMILES string of the molecule is CCS(=O)(=O)c1cc(C(=O)O)c[nH]c1=O. The predicted molar refractivity (Wildman–Crippen MR) is 51.7 cm³/mol. The lowest BCUT2D eigenvalue weighted by Gasteiger charge is -2.00. The van der Waals surface area contributed by atoms with E-state index in [-0.39, 0.29) is 11.3 Å². The molecule has 15 heavy (non-hydrogen) atoms. The number of carboxylic acid groups (broad SMARTS) is 1. The minimum atomic E-state index is -3.69. The van der Waals surface area contributed by atoms with Crippen LogP contribution in [0.5, 0.6) is 0 Å². The van der Waals surface area contributed by atoms with Crippen molar-refractivity contribution in [2.75, 3.05) is 5.75 Å². The minimum absolute atomic E-state index is 0.251. The number of carbonyl (C=O) groups is 1. The molecule has 1 aromatic heterocycles. The Morgan fingerprint density at radius 2 is 2.13 bits per heavy atom. The highest BCUT2D eigenvalue weighted by molar-refractivity contribution is 7.91. The zero-order valence-electron chi connectivity index (χ0n) is 7.85. The average Bonchev–Trinajstić information content (AvgIpc) is 2.17. The molecule has 6 nitrogen and oxygen atoms in total. The summed E-state index contributed by atoms with van der Waals surface area (Å²) in [6.45, 7) is 1.38. The number of aromatic amines is 1. The molecular weight excluding hydrogens is 222 g/mol. The van der Waals surface area contributed by atoms with Crippen LogP contribution in [0.15, 0.2) is 22.0 Å². The summed E-state index contributed by atoms with van der Waals surface area (Å²) in [6, 6.07) is 0.861. The molecule has 0 aliphatic heterocycles. The highest BCUT2D eigenvalue weighted by Crippen LogP contribution is 2.07. The molecule has 0 aliphatic carbocycles. The van der Waals surface area contributed by atoms with Gasteiger partial charge in [-0.25, -0.2) is 13.2 Å². The fourth-order valence-corrected chi connectivity index (χ4v) is 1.93. The van der Waals surface area contributed by atoms with E-state index in [1.807, 2.05) is 0 Å². The maximum Gasteiger partial charge on any atom is 0.337 e. The molecule has 1 rings (SSSR count). The number of aromatic carboxylic acids is 1. The molecule has 0 spiro atoms. The van der Waals surface area contributed by atoms with Crippen LogP contribution in [0.2, 0.25) is 0 Å². The number of carboxylic acids is 1. The van der Waals surface area contributed by atoms with Crippen LogP contribution in [0.1, 0.15) is 17.3 Å². The molecule has 2 N–H and O–H groups in total. The molecule has 0 bridgehead atoms. The van der Waals surface area contributed by atoms with Gasteiger partial charge in [0.2, 0.25) is 0 Å². The average molecular weight is 231 g/mol. The summed E-state index contributed by atoms with van der Waals surface area (Å²) < 4.78 is 22.8. The Morgan fingerprint density at radius 1 is 1.53 bits per heavy atom. The predicted octanol–water partition coefficient (Wildman–Crippen LogP) is -0.133. The zero-order valence-corrected chi connectivity index (χ0v) is 8.67.